The molecule has 0 aromatic heterocycles. The molecule has 2 atom stereocenters. The van der Waals surface area contributed by atoms with Crippen molar-refractivity contribution in [1.29, 1.82) is 0 Å². The Kier molecular flexibility index (Phi) is 9.65. The lowest BCUT2D eigenvalue weighted by molar-refractivity contribution is -0.190. The van der Waals surface area contributed by atoms with Crippen LogP contribution in [0.4, 0.5) is 0 Å². The van der Waals surface area contributed by atoms with Crippen molar-refractivity contribution in [2.45, 2.75) is 57.8 Å². The van der Waals surface area contributed by atoms with E-state index in [1.165, 1.54) is 0 Å². The number of carbonyl (C=O) groups excluding carboxylic acids is 3. The minimum Gasteiger partial charge on any atom is -0.466 e. The molecule has 1 N–H and O–H groups in total. The van der Waals surface area contributed by atoms with E-state index in [2.05, 4.69) is 5.32 Å². The summed E-state index contributed by atoms with van der Waals surface area (Å²) in [6.07, 6.45) is 2.28. The second kappa shape index (κ2) is 12.3. The van der Waals surface area contributed by atoms with Crippen LogP contribution in [0, 0.1) is 0 Å². The zero-order chi connectivity index (χ0) is 20.2. The molecule has 154 valence electrons. The normalized spacial score (nSPS) is 17.5. The quantitative estimate of drug-likeness (QED) is 0.461. The summed E-state index contributed by atoms with van der Waals surface area (Å²) in [5, 5.41) is 2.84. The molecule has 0 radical (unpaired) electrons. The van der Waals surface area contributed by atoms with E-state index in [-0.39, 0.29) is 37.4 Å². The molecule has 1 aromatic carbocycles. The average Bonchev–Trinajstić information content (AvgIpc) is 2.69. The van der Waals surface area contributed by atoms with Crippen LogP contribution >= 0.6 is 0 Å². The largest absolute Gasteiger partial charge is 0.466 e. The van der Waals surface area contributed by atoms with Gasteiger partial charge in [0, 0.05) is 25.1 Å². The van der Waals surface area contributed by atoms with Crippen molar-refractivity contribution < 1.29 is 28.6 Å². The topological polar surface area (TPSA) is 90.9 Å². The highest BCUT2D eigenvalue weighted by atomic mass is 16.7. The summed E-state index contributed by atoms with van der Waals surface area (Å²) in [5.41, 5.74) is 0.578. The van der Waals surface area contributed by atoms with Crippen molar-refractivity contribution in [2.75, 3.05) is 19.8 Å². The van der Waals surface area contributed by atoms with Crippen LogP contribution in [0.2, 0.25) is 0 Å². The maximum absolute atomic E-state index is 12.2. The molecule has 1 heterocycles. The third-order valence-electron chi connectivity index (χ3n) is 4.37. The summed E-state index contributed by atoms with van der Waals surface area (Å²) >= 11 is 0. The molecule has 0 saturated carbocycles. The third-order valence-corrected chi connectivity index (χ3v) is 4.37. The summed E-state index contributed by atoms with van der Waals surface area (Å²) < 4.78 is 16.4. The predicted octanol–water partition coefficient (Wildman–Crippen LogP) is 2.63. The summed E-state index contributed by atoms with van der Waals surface area (Å²) in [7, 11) is 0. The Bertz CT molecular complexity index is 627. The number of ketones is 1. The number of esters is 1. The van der Waals surface area contributed by atoms with Crippen LogP contribution in [0.25, 0.3) is 0 Å². The Balaban J connectivity index is 1.84. The molecular formula is C21H29NO6. The Hall–Kier alpha value is -2.25. The van der Waals surface area contributed by atoms with Gasteiger partial charge in [-0.1, -0.05) is 18.2 Å². The van der Waals surface area contributed by atoms with Gasteiger partial charge in [0.1, 0.15) is 12.2 Å². The molecule has 1 aliphatic heterocycles. The lowest BCUT2D eigenvalue weighted by atomic mass is 10.1. The highest BCUT2D eigenvalue weighted by Crippen LogP contribution is 2.18. The van der Waals surface area contributed by atoms with E-state index < -0.39 is 12.1 Å². The number of hydrogen-bond donors (Lipinski definition) is 1. The first kappa shape index (κ1) is 22.0. The van der Waals surface area contributed by atoms with Gasteiger partial charge in [0.2, 0.25) is 0 Å². The van der Waals surface area contributed by atoms with Crippen LogP contribution in [0.5, 0.6) is 0 Å². The molecular weight excluding hydrogens is 362 g/mol. The van der Waals surface area contributed by atoms with Crippen molar-refractivity contribution >= 4 is 17.7 Å². The monoisotopic (exact) mass is 391 g/mol. The molecule has 1 fully saturated rings. The van der Waals surface area contributed by atoms with E-state index in [0.29, 0.717) is 25.1 Å². The molecule has 28 heavy (non-hydrogen) atoms. The van der Waals surface area contributed by atoms with Gasteiger partial charge in [0.05, 0.1) is 12.7 Å². The van der Waals surface area contributed by atoms with Crippen LogP contribution in [0.1, 0.15) is 55.8 Å². The molecule has 7 heteroatoms. The SMILES string of the molecule is CCOC(=O)CC(=O)C[C@@H](CCNC(=O)c1ccccc1)OC1CCCCO1. The number of hydrogen-bond acceptors (Lipinski definition) is 6. The van der Waals surface area contributed by atoms with Crippen molar-refractivity contribution in [3.8, 4) is 0 Å². The van der Waals surface area contributed by atoms with Gasteiger partial charge in [0.15, 0.2) is 6.29 Å². The van der Waals surface area contributed by atoms with E-state index >= 15 is 0 Å². The summed E-state index contributed by atoms with van der Waals surface area (Å²) in [4.78, 5) is 35.9. The molecule has 1 unspecified atom stereocenters. The van der Waals surface area contributed by atoms with Gasteiger partial charge in [-0.2, -0.15) is 0 Å². The number of Topliss-reactive ketones (excluding diaryl/α,β-unsaturated/α-hetero) is 1. The lowest BCUT2D eigenvalue weighted by Gasteiger charge is -2.27. The minimum absolute atomic E-state index is 0.0832. The molecule has 1 saturated heterocycles. The molecule has 2 rings (SSSR count). The highest BCUT2D eigenvalue weighted by Gasteiger charge is 2.23. The standard InChI is InChI=1S/C21H29NO6/c1-2-26-19(24)15-17(23)14-18(28-20-10-6-7-13-27-20)11-12-22-21(25)16-8-4-3-5-9-16/h3-5,8-9,18,20H,2,6-7,10-15H2,1H3,(H,22,25)/t18-,20?/m1/s1. The molecule has 0 aliphatic carbocycles. The molecule has 1 amide bonds. The van der Waals surface area contributed by atoms with Gasteiger partial charge >= 0.3 is 5.97 Å². The number of rotatable bonds is 11. The lowest BCUT2D eigenvalue weighted by Crippen LogP contribution is -2.33. The van der Waals surface area contributed by atoms with Gasteiger partial charge in [-0.05, 0) is 44.7 Å². The second-order valence-electron chi connectivity index (χ2n) is 6.69. The predicted molar refractivity (Wildman–Crippen MR) is 103 cm³/mol. The van der Waals surface area contributed by atoms with Gasteiger partial charge in [-0.25, -0.2) is 0 Å². The maximum atomic E-state index is 12.2. The van der Waals surface area contributed by atoms with E-state index in [0.717, 1.165) is 19.3 Å². The number of amides is 1. The van der Waals surface area contributed by atoms with Crippen molar-refractivity contribution in [1.82, 2.24) is 5.32 Å². The summed E-state index contributed by atoms with van der Waals surface area (Å²) in [6.45, 7) is 2.94. The zero-order valence-corrected chi connectivity index (χ0v) is 16.4. The number of ether oxygens (including phenoxy) is 3. The van der Waals surface area contributed by atoms with Gasteiger partial charge in [-0.3, -0.25) is 14.4 Å². The number of carbonyl (C=O) groups is 3. The number of nitrogens with one attached hydrogen (secondary N) is 1. The van der Waals surface area contributed by atoms with E-state index in [9.17, 15) is 14.4 Å². The van der Waals surface area contributed by atoms with Crippen LogP contribution in [0.15, 0.2) is 30.3 Å². The number of benzene rings is 1. The zero-order valence-electron chi connectivity index (χ0n) is 16.4. The fourth-order valence-corrected chi connectivity index (χ4v) is 2.99. The van der Waals surface area contributed by atoms with Gasteiger partial charge < -0.3 is 19.5 Å². The highest BCUT2D eigenvalue weighted by molar-refractivity contribution is 5.95. The Morgan fingerprint density at radius 1 is 1.21 bits per heavy atom. The maximum Gasteiger partial charge on any atom is 0.313 e. The van der Waals surface area contributed by atoms with Gasteiger partial charge in [-0.15, -0.1) is 0 Å². The van der Waals surface area contributed by atoms with Crippen molar-refractivity contribution in [2.24, 2.45) is 0 Å². The van der Waals surface area contributed by atoms with E-state index in [1.807, 2.05) is 6.07 Å². The van der Waals surface area contributed by atoms with Crippen LogP contribution in [-0.4, -0.2) is 49.8 Å². The van der Waals surface area contributed by atoms with Crippen molar-refractivity contribution in [3.05, 3.63) is 35.9 Å². The Morgan fingerprint density at radius 2 is 2.00 bits per heavy atom. The second-order valence-corrected chi connectivity index (χ2v) is 6.69. The smallest absolute Gasteiger partial charge is 0.313 e. The summed E-state index contributed by atoms with van der Waals surface area (Å²) in [6, 6.07) is 8.93. The summed E-state index contributed by atoms with van der Waals surface area (Å²) in [5.74, 6) is -0.947. The first-order chi connectivity index (χ1) is 13.6. The fourth-order valence-electron chi connectivity index (χ4n) is 2.99. The van der Waals surface area contributed by atoms with E-state index in [1.54, 1.807) is 31.2 Å². The Morgan fingerprint density at radius 3 is 2.68 bits per heavy atom. The van der Waals surface area contributed by atoms with Crippen LogP contribution < -0.4 is 5.32 Å². The molecule has 0 bridgehead atoms. The van der Waals surface area contributed by atoms with Crippen LogP contribution in [0.3, 0.4) is 0 Å². The molecule has 1 aromatic rings. The van der Waals surface area contributed by atoms with Crippen molar-refractivity contribution in [3.63, 3.8) is 0 Å². The molecule has 7 nitrogen and oxygen atoms in total. The first-order valence-corrected chi connectivity index (χ1v) is 9.86. The molecule has 0 spiro atoms. The van der Waals surface area contributed by atoms with E-state index in [4.69, 9.17) is 14.2 Å². The van der Waals surface area contributed by atoms with Gasteiger partial charge in [0.25, 0.3) is 5.91 Å². The minimum atomic E-state index is -0.530. The fraction of sp³-hybridized carbons (Fsp3) is 0.571. The first-order valence-electron chi connectivity index (χ1n) is 9.86. The third kappa shape index (κ3) is 8.19. The average molecular weight is 391 g/mol. The van der Waals surface area contributed by atoms with Crippen LogP contribution in [-0.2, 0) is 23.8 Å². The Labute approximate surface area is 165 Å². The molecule has 1 aliphatic rings.